The highest BCUT2D eigenvalue weighted by Crippen LogP contribution is 2.45. The number of hydrogen-bond donors (Lipinski definition) is 1. The topological polar surface area (TPSA) is 15.3 Å². The van der Waals surface area contributed by atoms with E-state index in [1.807, 2.05) is 0 Å². The van der Waals surface area contributed by atoms with Crippen molar-refractivity contribution >= 4 is 5.69 Å². The average Bonchev–Trinajstić information content (AvgIpc) is 3.25. The van der Waals surface area contributed by atoms with E-state index in [1.54, 1.807) is 6.07 Å². The number of benzene rings is 1. The molecule has 4 rings (SSSR count). The number of alkyl halides is 3. The van der Waals surface area contributed by atoms with Crippen LogP contribution in [0.3, 0.4) is 0 Å². The van der Waals surface area contributed by atoms with E-state index in [-0.39, 0.29) is 12.0 Å². The van der Waals surface area contributed by atoms with Crippen LogP contribution in [0.25, 0.3) is 0 Å². The molecule has 1 aliphatic carbocycles. The molecule has 2 nitrogen and oxygen atoms in total. The van der Waals surface area contributed by atoms with Crippen LogP contribution in [0, 0.1) is 17.8 Å². The molecule has 5 atom stereocenters. The molecule has 0 spiro atoms. The Hall–Kier alpha value is -1.75. The summed E-state index contributed by atoms with van der Waals surface area (Å²) >= 11 is 0. The van der Waals surface area contributed by atoms with Crippen LogP contribution in [-0.2, 0) is 6.18 Å². The SMILES string of the molecule is C[C@H](CC[C@@H]1[C@H](C)c2cc(C(F)(F)F)ccc2N[C@H]1C1C=CC=CC1)CN1CCCC1. The van der Waals surface area contributed by atoms with Gasteiger partial charge >= 0.3 is 6.18 Å². The van der Waals surface area contributed by atoms with Gasteiger partial charge in [-0.05, 0) is 86.7 Å². The van der Waals surface area contributed by atoms with Crippen LogP contribution in [0.2, 0.25) is 0 Å². The summed E-state index contributed by atoms with van der Waals surface area (Å²) in [5, 5.41) is 3.66. The van der Waals surface area contributed by atoms with Crippen molar-refractivity contribution in [2.45, 2.75) is 64.1 Å². The van der Waals surface area contributed by atoms with Crippen molar-refractivity contribution in [3.05, 3.63) is 53.6 Å². The summed E-state index contributed by atoms with van der Waals surface area (Å²) in [5.41, 5.74) is 1.15. The molecule has 3 aliphatic rings. The maximum absolute atomic E-state index is 13.4. The van der Waals surface area contributed by atoms with E-state index in [9.17, 15) is 13.2 Å². The predicted octanol–water partition coefficient (Wildman–Crippen LogP) is 6.86. The zero-order chi connectivity index (χ0) is 22.0. The summed E-state index contributed by atoms with van der Waals surface area (Å²) in [5.74, 6) is 1.40. The Morgan fingerprint density at radius 2 is 1.94 bits per heavy atom. The van der Waals surface area contributed by atoms with E-state index < -0.39 is 11.7 Å². The maximum Gasteiger partial charge on any atom is 0.416 e. The number of halogens is 3. The Kier molecular flexibility index (Phi) is 6.80. The molecule has 31 heavy (non-hydrogen) atoms. The summed E-state index contributed by atoms with van der Waals surface area (Å²) in [6.45, 7) is 8.01. The fourth-order valence-electron chi connectivity index (χ4n) is 5.77. The molecule has 0 amide bonds. The van der Waals surface area contributed by atoms with Crippen LogP contribution >= 0.6 is 0 Å². The van der Waals surface area contributed by atoms with Gasteiger partial charge in [-0.3, -0.25) is 0 Å². The third-order valence-corrected chi connectivity index (χ3v) is 7.53. The second-order valence-corrected chi connectivity index (χ2v) is 9.83. The predicted molar refractivity (Wildman–Crippen MR) is 121 cm³/mol. The Morgan fingerprint density at radius 3 is 2.61 bits per heavy atom. The smallest absolute Gasteiger partial charge is 0.381 e. The van der Waals surface area contributed by atoms with Crippen molar-refractivity contribution in [3.8, 4) is 0 Å². The van der Waals surface area contributed by atoms with E-state index >= 15 is 0 Å². The van der Waals surface area contributed by atoms with Crippen LogP contribution in [0.1, 0.15) is 63.0 Å². The monoisotopic (exact) mass is 432 g/mol. The summed E-state index contributed by atoms with van der Waals surface area (Å²) in [7, 11) is 0. The van der Waals surface area contributed by atoms with Crippen LogP contribution in [0.15, 0.2) is 42.5 Å². The summed E-state index contributed by atoms with van der Waals surface area (Å²) < 4.78 is 40.1. The highest BCUT2D eigenvalue weighted by atomic mass is 19.4. The molecule has 1 aromatic rings. The van der Waals surface area contributed by atoms with Gasteiger partial charge in [0, 0.05) is 24.2 Å². The van der Waals surface area contributed by atoms with E-state index in [0.717, 1.165) is 37.1 Å². The van der Waals surface area contributed by atoms with Gasteiger partial charge in [0.05, 0.1) is 5.56 Å². The molecule has 1 unspecified atom stereocenters. The minimum Gasteiger partial charge on any atom is -0.381 e. The standard InChI is InChI=1S/C26H35F3N2/c1-18(17-31-14-6-7-15-31)10-12-22-19(2)23-16-21(26(27,28)29)11-13-24(23)30-25(22)20-8-4-3-5-9-20/h3-5,8,11,13,16,18-20,22,25,30H,6-7,9-10,12,14-15,17H2,1-2H3/t18-,19+,20?,22-,25+/m1/s1. The van der Waals surface area contributed by atoms with Crippen LogP contribution in [-0.4, -0.2) is 30.6 Å². The Bertz CT molecular complexity index is 807. The normalized spacial score (nSPS) is 29.6. The zero-order valence-corrected chi connectivity index (χ0v) is 18.7. The molecule has 1 aromatic carbocycles. The number of nitrogens with one attached hydrogen (secondary N) is 1. The molecule has 2 heterocycles. The molecule has 0 aromatic heterocycles. The zero-order valence-electron chi connectivity index (χ0n) is 18.7. The lowest BCUT2D eigenvalue weighted by Crippen LogP contribution is -2.42. The number of fused-ring (bicyclic) bond motifs is 1. The van der Waals surface area contributed by atoms with Gasteiger partial charge in [-0.2, -0.15) is 13.2 Å². The van der Waals surface area contributed by atoms with Gasteiger partial charge in [0.25, 0.3) is 0 Å². The van der Waals surface area contributed by atoms with E-state index in [0.29, 0.717) is 17.8 Å². The van der Waals surface area contributed by atoms with Crippen molar-refractivity contribution in [3.63, 3.8) is 0 Å². The minimum atomic E-state index is -4.30. The molecule has 0 bridgehead atoms. The van der Waals surface area contributed by atoms with E-state index in [4.69, 9.17) is 0 Å². The first kappa shape index (κ1) is 22.4. The molecule has 1 N–H and O–H groups in total. The van der Waals surface area contributed by atoms with Crippen molar-refractivity contribution in [2.75, 3.05) is 25.0 Å². The van der Waals surface area contributed by atoms with E-state index in [2.05, 4.69) is 48.4 Å². The molecule has 170 valence electrons. The Labute approximate surface area is 184 Å². The quantitative estimate of drug-likeness (QED) is 0.528. The van der Waals surface area contributed by atoms with Gasteiger partial charge in [0.1, 0.15) is 0 Å². The molecule has 1 saturated heterocycles. The molecular weight excluding hydrogens is 397 g/mol. The summed E-state index contributed by atoms with van der Waals surface area (Å²) in [4.78, 5) is 2.56. The first-order valence-electron chi connectivity index (χ1n) is 11.9. The molecule has 0 radical (unpaired) electrons. The second-order valence-electron chi connectivity index (χ2n) is 9.83. The third kappa shape index (κ3) is 5.19. The van der Waals surface area contributed by atoms with Gasteiger partial charge in [-0.25, -0.2) is 0 Å². The maximum atomic E-state index is 13.4. The van der Waals surface area contributed by atoms with Crippen LogP contribution < -0.4 is 5.32 Å². The number of likely N-dealkylation sites (tertiary alicyclic amines) is 1. The molecule has 0 saturated carbocycles. The number of anilines is 1. The highest BCUT2D eigenvalue weighted by molar-refractivity contribution is 5.58. The lowest BCUT2D eigenvalue weighted by atomic mass is 9.70. The Morgan fingerprint density at radius 1 is 1.16 bits per heavy atom. The number of hydrogen-bond acceptors (Lipinski definition) is 2. The largest absolute Gasteiger partial charge is 0.416 e. The molecular formula is C26H35F3N2. The highest BCUT2D eigenvalue weighted by Gasteiger charge is 2.39. The summed E-state index contributed by atoms with van der Waals surface area (Å²) in [6.07, 6.45) is 10.1. The van der Waals surface area contributed by atoms with Crippen molar-refractivity contribution in [1.29, 1.82) is 0 Å². The number of allylic oxidation sites excluding steroid dienone is 3. The second kappa shape index (κ2) is 9.40. The lowest BCUT2D eigenvalue weighted by Gasteiger charge is -2.43. The van der Waals surface area contributed by atoms with Gasteiger partial charge in [0.2, 0.25) is 0 Å². The van der Waals surface area contributed by atoms with Crippen molar-refractivity contribution in [2.24, 2.45) is 17.8 Å². The fourth-order valence-corrected chi connectivity index (χ4v) is 5.77. The first-order chi connectivity index (χ1) is 14.8. The fraction of sp³-hybridized carbons (Fsp3) is 0.615. The minimum absolute atomic E-state index is 0.0989. The van der Waals surface area contributed by atoms with Crippen molar-refractivity contribution < 1.29 is 13.2 Å². The molecule has 5 heteroatoms. The van der Waals surface area contributed by atoms with Gasteiger partial charge in [0.15, 0.2) is 0 Å². The molecule has 1 fully saturated rings. The number of rotatable bonds is 6. The Balaban J connectivity index is 1.53. The third-order valence-electron chi connectivity index (χ3n) is 7.53. The van der Waals surface area contributed by atoms with Crippen molar-refractivity contribution in [1.82, 2.24) is 4.90 Å². The lowest BCUT2D eigenvalue weighted by molar-refractivity contribution is -0.137. The van der Waals surface area contributed by atoms with E-state index in [1.165, 1.54) is 38.1 Å². The molecule has 2 aliphatic heterocycles. The average molecular weight is 433 g/mol. The van der Waals surface area contributed by atoms with Gasteiger partial charge in [-0.15, -0.1) is 0 Å². The van der Waals surface area contributed by atoms with Gasteiger partial charge in [-0.1, -0.05) is 38.2 Å². The van der Waals surface area contributed by atoms with Crippen LogP contribution in [0.5, 0.6) is 0 Å². The number of nitrogens with zero attached hydrogens (tertiary/aromatic N) is 1. The first-order valence-corrected chi connectivity index (χ1v) is 11.9. The van der Waals surface area contributed by atoms with Crippen LogP contribution in [0.4, 0.5) is 18.9 Å². The van der Waals surface area contributed by atoms with Gasteiger partial charge < -0.3 is 10.2 Å². The summed E-state index contributed by atoms with van der Waals surface area (Å²) in [6, 6.07) is 4.47.